The number of carbonyl (C=O) groups is 2. The fraction of sp³-hybridized carbons (Fsp3) is 0.214. The molecule has 2 rings (SSSR count). The molecule has 4 N–H and O–H groups in total. The van der Waals surface area contributed by atoms with Crippen molar-refractivity contribution in [1.29, 1.82) is 0 Å². The van der Waals surface area contributed by atoms with Gasteiger partial charge in [-0.1, -0.05) is 30.3 Å². The number of nitrogens with two attached hydrogens (primary N) is 1. The number of carbonyl (C=O) groups excluding carboxylic acids is 1. The third-order valence-electron chi connectivity index (χ3n) is 2.85. The van der Waals surface area contributed by atoms with E-state index in [0.717, 1.165) is 5.56 Å². The standard InChI is InChI=1S/C14H15N3O3S/c15-7-12-16-11(8-21-12)13(18)17-10(14(19)20)6-9-4-2-1-3-5-9/h1-5,8,10H,6-7,15H2,(H,17,18)(H,19,20)/t10-/m1/s1. The molecule has 110 valence electrons. The lowest BCUT2D eigenvalue weighted by molar-refractivity contribution is -0.139. The highest BCUT2D eigenvalue weighted by atomic mass is 32.1. The summed E-state index contributed by atoms with van der Waals surface area (Å²) in [4.78, 5) is 27.3. The molecule has 1 heterocycles. The second kappa shape index (κ2) is 6.96. The molecule has 0 unspecified atom stereocenters. The summed E-state index contributed by atoms with van der Waals surface area (Å²) in [5, 5.41) is 13.9. The van der Waals surface area contributed by atoms with Gasteiger partial charge in [0.25, 0.3) is 5.91 Å². The third-order valence-corrected chi connectivity index (χ3v) is 3.72. The number of thiazole rings is 1. The molecule has 0 saturated carbocycles. The highest BCUT2D eigenvalue weighted by molar-refractivity contribution is 7.09. The van der Waals surface area contributed by atoms with E-state index in [1.165, 1.54) is 11.3 Å². The first-order valence-electron chi connectivity index (χ1n) is 6.32. The van der Waals surface area contributed by atoms with Crippen molar-refractivity contribution in [3.05, 3.63) is 52.0 Å². The summed E-state index contributed by atoms with van der Waals surface area (Å²) >= 11 is 1.27. The molecule has 1 aromatic heterocycles. The Hall–Kier alpha value is -2.25. The number of hydrogen-bond acceptors (Lipinski definition) is 5. The fourth-order valence-corrected chi connectivity index (χ4v) is 2.45. The van der Waals surface area contributed by atoms with Crippen LogP contribution < -0.4 is 11.1 Å². The van der Waals surface area contributed by atoms with E-state index in [0.29, 0.717) is 5.01 Å². The highest BCUT2D eigenvalue weighted by Gasteiger charge is 2.22. The second-order valence-electron chi connectivity index (χ2n) is 4.38. The van der Waals surface area contributed by atoms with Crippen molar-refractivity contribution in [2.45, 2.75) is 19.0 Å². The molecule has 7 heteroatoms. The Morgan fingerprint density at radius 1 is 1.33 bits per heavy atom. The maximum absolute atomic E-state index is 12.0. The summed E-state index contributed by atoms with van der Waals surface area (Å²) in [6.45, 7) is 0.254. The normalized spacial score (nSPS) is 11.9. The van der Waals surface area contributed by atoms with Crippen molar-refractivity contribution in [3.8, 4) is 0 Å². The molecule has 0 fully saturated rings. The van der Waals surface area contributed by atoms with Crippen molar-refractivity contribution in [2.75, 3.05) is 0 Å². The van der Waals surface area contributed by atoms with Gasteiger partial charge in [0.15, 0.2) is 0 Å². The van der Waals surface area contributed by atoms with E-state index in [9.17, 15) is 14.7 Å². The van der Waals surface area contributed by atoms with Gasteiger partial charge < -0.3 is 16.2 Å². The van der Waals surface area contributed by atoms with E-state index in [2.05, 4.69) is 10.3 Å². The van der Waals surface area contributed by atoms with Gasteiger partial charge in [0.2, 0.25) is 0 Å². The zero-order chi connectivity index (χ0) is 15.2. The fourth-order valence-electron chi connectivity index (χ4n) is 1.79. The molecule has 1 atom stereocenters. The van der Waals surface area contributed by atoms with Crippen LogP contribution in [0.2, 0.25) is 0 Å². The molecular formula is C14H15N3O3S. The molecule has 21 heavy (non-hydrogen) atoms. The van der Waals surface area contributed by atoms with Crippen molar-refractivity contribution in [1.82, 2.24) is 10.3 Å². The van der Waals surface area contributed by atoms with Crippen molar-refractivity contribution >= 4 is 23.2 Å². The SMILES string of the molecule is NCc1nc(C(=O)N[C@H](Cc2ccccc2)C(=O)O)cs1. The molecule has 1 amide bonds. The van der Waals surface area contributed by atoms with Crippen LogP contribution in [0.25, 0.3) is 0 Å². The van der Waals surface area contributed by atoms with Crippen LogP contribution in [0.1, 0.15) is 21.1 Å². The quantitative estimate of drug-likeness (QED) is 0.739. The van der Waals surface area contributed by atoms with Gasteiger partial charge in [0.1, 0.15) is 16.7 Å². The first-order chi connectivity index (χ1) is 10.1. The molecule has 6 nitrogen and oxygen atoms in total. The molecule has 0 radical (unpaired) electrons. The first-order valence-corrected chi connectivity index (χ1v) is 7.20. The lowest BCUT2D eigenvalue weighted by Crippen LogP contribution is -2.42. The van der Waals surface area contributed by atoms with Gasteiger partial charge in [-0.05, 0) is 5.56 Å². The summed E-state index contributed by atoms with van der Waals surface area (Å²) in [6, 6.07) is 8.13. The predicted octanol–water partition coefficient (Wildman–Crippen LogP) is 1.03. The number of aromatic nitrogens is 1. The predicted molar refractivity (Wildman–Crippen MR) is 79.0 cm³/mol. The van der Waals surface area contributed by atoms with E-state index < -0.39 is 17.9 Å². The Bertz CT molecular complexity index is 627. The van der Waals surface area contributed by atoms with Crippen LogP contribution in [0, 0.1) is 0 Å². The Kier molecular flexibility index (Phi) is 5.02. The molecule has 0 aliphatic heterocycles. The van der Waals surface area contributed by atoms with Crippen LogP contribution in [0.5, 0.6) is 0 Å². The minimum absolute atomic E-state index is 0.194. The number of benzene rings is 1. The van der Waals surface area contributed by atoms with Crippen molar-refractivity contribution < 1.29 is 14.7 Å². The van der Waals surface area contributed by atoms with Crippen LogP contribution in [-0.2, 0) is 17.8 Å². The van der Waals surface area contributed by atoms with E-state index in [1.807, 2.05) is 30.3 Å². The zero-order valence-electron chi connectivity index (χ0n) is 11.2. The zero-order valence-corrected chi connectivity index (χ0v) is 12.0. The largest absolute Gasteiger partial charge is 0.480 e. The highest BCUT2D eigenvalue weighted by Crippen LogP contribution is 2.10. The van der Waals surface area contributed by atoms with E-state index >= 15 is 0 Å². The lowest BCUT2D eigenvalue weighted by Gasteiger charge is -2.13. The number of amides is 1. The maximum atomic E-state index is 12.0. The smallest absolute Gasteiger partial charge is 0.326 e. The Morgan fingerprint density at radius 3 is 2.62 bits per heavy atom. The number of carboxylic acids is 1. The maximum Gasteiger partial charge on any atom is 0.326 e. The lowest BCUT2D eigenvalue weighted by atomic mass is 10.1. The summed E-state index contributed by atoms with van der Waals surface area (Å²) in [6.07, 6.45) is 0.218. The number of nitrogens with zero attached hydrogens (tertiary/aromatic N) is 1. The number of carboxylic acid groups (broad SMARTS) is 1. The minimum atomic E-state index is -1.08. The van der Waals surface area contributed by atoms with Crippen LogP contribution >= 0.6 is 11.3 Å². The molecule has 1 aromatic carbocycles. The van der Waals surface area contributed by atoms with Crippen LogP contribution in [0.15, 0.2) is 35.7 Å². The molecule has 0 spiro atoms. The van der Waals surface area contributed by atoms with Gasteiger partial charge in [-0.15, -0.1) is 11.3 Å². The van der Waals surface area contributed by atoms with Gasteiger partial charge in [0, 0.05) is 18.3 Å². The van der Waals surface area contributed by atoms with Crippen molar-refractivity contribution in [3.63, 3.8) is 0 Å². The van der Waals surface area contributed by atoms with Crippen LogP contribution in [0.3, 0.4) is 0 Å². The van der Waals surface area contributed by atoms with Gasteiger partial charge in [0.05, 0.1) is 0 Å². The summed E-state index contributed by atoms with van der Waals surface area (Å²) in [5.74, 6) is -1.59. The van der Waals surface area contributed by atoms with Gasteiger partial charge in [-0.2, -0.15) is 0 Å². The second-order valence-corrected chi connectivity index (χ2v) is 5.33. The first kappa shape index (κ1) is 15.1. The van der Waals surface area contributed by atoms with Crippen LogP contribution in [0.4, 0.5) is 0 Å². The average molecular weight is 305 g/mol. The Balaban J connectivity index is 2.05. The molecule has 0 aliphatic rings. The van der Waals surface area contributed by atoms with Gasteiger partial charge in [-0.25, -0.2) is 9.78 Å². The molecule has 0 aliphatic carbocycles. The monoisotopic (exact) mass is 305 g/mol. The van der Waals surface area contributed by atoms with Crippen molar-refractivity contribution in [2.24, 2.45) is 5.73 Å². The molecule has 0 saturated heterocycles. The summed E-state index contributed by atoms with van der Waals surface area (Å²) in [7, 11) is 0. The number of rotatable bonds is 6. The van der Waals surface area contributed by atoms with Crippen LogP contribution in [-0.4, -0.2) is 28.0 Å². The molecule has 2 aromatic rings. The van der Waals surface area contributed by atoms with Gasteiger partial charge >= 0.3 is 5.97 Å². The van der Waals surface area contributed by atoms with Gasteiger partial charge in [-0.3, -0.25) is 4.79 Å². The minimum Gasteiger partial charge on any atom is -0.480 e. The molecule has 0 bridgehead atoms. The molecular weight excluding hydrogens is 290 g/mol. The number of nitrogens with one attached hydrogen (secondary N) is 1. The third kappa shape index (κ3) is 4.11. The number of hydrogen-bond donors (Lipinski definition) is 3. The summed E-state index contributed by atoms with van der Waals surface area (Å²) < 4.78 is 0. The average Bonchev–Trinajstić information content (AvgIpc) is 2.96. The topological polar surface area (TPSA) is 105 Å². The summed E-state index contributed by atoms with van der Waals surface area (Å²) in [5.41, 5.74) is 6.47. The Labute approximate surface area is 125 Å². The van der Waals surface area contributed by atoms with E-state index in [1.54, 1.807) is 5.38 Å². The van der Waals surface area contributed by atoms with E-state index in [-0.39, 0.29) is 18.7 Å². The Morgan fingerprint density at radius 2 is 2.05 bits per heavy atom. The number of aliphatic carboxylic acids is 1. The van der Waals surface area contributed by atoms with E-state index in [4.69, 9.17) is 5.73 Å².